The van der Waals surface area contributed by atoms with Crippen LogP contribution in [0.25, 0.3) is 10.9 Å². The molecule has 0 aliphatic heterocycles. The van der Waals surface area contributed by atoms with Crippen molar-refractivity contribution in [2.45, 2.75) is 44.0 Å². The van der Waals surface area contributed by atoms with Crippen LogP contribution in [0.3, 0.4) is 0 Å². The number of fused-ring (bicyclic) bond motifs is 1. The summed E-state index contributed by atoms with van der Waals surface area (Å²) >= 11 is 0. The van der Waals surface area contributed by atoms with Crippen molar-refractivity contribution >= 4 is 34.6 Å². The lowest BCUT2D eigenvalue weighted by molar-refractivity contribution is -0.142. The molecule has 0 fully saturated rings. The number of carbonyl (C=O) groups excluding carboxylic acids is 3. The maximum Gasteiger partial charge on any atom is 0.326 e. The number of phenols is 1. The third kappa shape index (κ3) is 7.31. The van der Waals surface area contributed by atoms with Gasteiger partial charge in [-0.2, -0.15) is 0 Å². The average Bonchev–Trinajstić information content (AvgIpc) is 3.29. The molecular weight excluding hydrogens is 494 g/mol. The number of para-hydroxylation sites is 1. The second kappa shape index (κ2) is 12.7. The topological polar surface area (TPSA) is 207 Å². The Morgan fingerprint density at radius 1 is 0.921 bits per heavy atom. The molecule has 0 saturated carbocycles. The molecule has 3 rings (SSSR count). The van der Waals surface area contributed by atoms with Gasteiger partial charge in [-0.3, -0.25) is 14.4 Å². The first kappa shape index (κ1) is 28.2. The van der Waals surface area contributed by atoms with Gasteiger partial charge in [0.1, 0.15) is 23.9 Å². The van der Waals surface area contributed by atoms with Gasteiger partial charge in [0.25, 0.3) is 0 Å². The lowest BCUT2D eigenvalue weighted by atomic mass is 10.0. The molecule has 12 nitrogen and oxygen atoms in total. The Hall–Kier alpha value is -4.42. The van der Waals surface area contributed by atoms with Gasteiger partial charge in [0.15, 0.2) is 0 Å². The number of phenolic OH excluding ortho intramolecular Hbond substituents is 1. The van der Waals surface area contributed by atoms with Crippen LogP contribution in [0.4, 0.5) is 0 Å². The Morgan fingerprint density at radius 2 is 1.58 bits per heavy atom. The predicted molar refractivity (Wildman–Crippen MR) is 138 cm³/mol. The quantitative estimate of drug-likeness (QED) is 0.155. The van der Waals surface area contributed by atoms with E-state index >= 15 is 0 Å². The van der Waals surface area contributed by atoms with Crippen molar-refractivity contribution < 1.29 is 34.5 Å². The molecule has 0 bridgehead atoms. The maximum atomic E-state index is 13.3. The Labute approximate surface area is 218 Å². The van der Waals surface area contributed by atoms with Gasteiger partial charge in [-0.25, -0.2) is 4.79 Å². The summed E-state index contributed by atoms with van der Waals surface area (Å²) in [6.45, 7) is 0.875. The molecule has 9 N–H and O–H groups in total. The van der Waals surface area contributed by atoms with Crippen molar-refractivity contribution in [3.8, 4) is 5.75 Å². The highest BCUT2D eigenvalue weighted by atomic mass is 16.4. The Balaban J connectivity index is 1.82. The number of hydrogen-bond acceptors (Lipinski definition) is 7. The molecule has 0 aliphatic carbocycles. The molecule has 0 spiro atoms. The fourth-order valence-corrected chi connectivity index (χ4v) is 3.97. The van der Waals surface area contributed by atoms with Crippen LogP contribution >= 0.6 is 0 Å². The number of carboxylic acid groups (broad SMARTS) is 1. The van der Waals surface area contributed by atoms with E-state index in [9.17, 15) is 34.5 Å². The third-order valence-electron chi connectivity index (χ3n) is 5.99. The molecule has 12 heteroatoms. The van der Waals surface area contributed by atoms with Gasteiger partial charge in [-0.05, 0) is 36.2 Å². The van der Waals surface area contributed by atoms with Crippen LogP contribution in [-0.4, -0.2) is 74.8 Å². The molecule has 1 heterocycles. The zero-order chi connectivity index (χ0) is 27.8. The van der Waals surface area contributed by atoms with Gasteiger partial charge < -0.3 is 42.0 Å². The number of benzene rings is 2. The Kier molecular flexibility index (Phi) is 9.41. The van der Waals surface area contributed by atoms with Crippen molar-refractivity contribution in [3.63, 3.8) is 0 Å². The summed E-state index contributed by atoms with van der Waals surface area (Å²) in [5, 5.41) is 37.5. The number of nitrogens with two attached hydrogens (primary N) is 1. The largest absolute Gasteiger partial charge is 0.508 e. The SMILES string of the molecule is C[C@@H](O)[C@H](NC(=O)CN)C(=O)N[C@@H](Cc1ccc(O)cc1)C(=O)N[C@@H](Cc1c[nH]c2ccccc12)C(=O)O. The first-order valence-corrected chi connectivity index (χ1v) is 11.9. The van der Waals surface area contributed by atoms with Crippen molar-refractivity contribution in [1.29, 1.82) is 0 Å². The molecule has 0 saturated heterocycles. The molecule has 3 amide bonds. The van der Waals surface area contributed by atoms with Crippen molar-refractivity contribution in [1.82, 2.24) is 20.9 Å². The van der Waals surface area contributed by atoms with E-state index in [1.807, 2.05) is 24.3 Å². The molecule has 202 valence electrons. The summed E-state index contributed by atoms with van der Waals surface area (Å²) < 4.78 is 0. The van der Waals surface area contributed by atoms with E-state index in [1.54, 1.807) is 18.3 Å². The number of H-pyrrole nitrogens is 1. The number of rotatable bonds is 12. The van der Waals surface area contributed by atoms with E-state index in [4.69, 9.17) is 5.73 Å². The van der Waals surface area contributed by atoms with Gasteiger partial charge in [0.2, 0.25) is 17.7 Å². The monoisotopic (exact) mass is 525 g/mol. The standard InChI is InChI=1S/C26H31N5O7/c1-14(32)23(31-22(34)12-27)25(36)29-20(10-15-6-8-17(33)9-7-15)24(35)30-21(26(37)38)11-16-13-28-19-5-3-2-4-18(16)19/h2-9,13-14,20-21,23,28,32-33H,10-12,27H2,1H3,(H,29,36)(H,30,35)(H,31,34)(H,37,38)/t14-,20+,21+,23+/m1/s1. The van der Waals surface area contributed by atoms with Crippen LogP contribution < -0.4 is 21.7 Å². The molecule has 0 radical (unpaired) electrons. The zero-order valence-electron chi connectivity index (χ0n) is 20.7. The lowest BCUT2D eigenvalue weighted by Gasteiger charge is -2.25. The van der Waals surface area contributed by atoms with Gasteiger partial charge >= 0.3 is 5.97 Å². The van der Waals surface area contributed by atoms with Crippen LogP contribution in [-0.2, 0) is 32.0 Å². The summed E-state index contributed by atoms with van der Waals surface area (Å²) in [5.41, 5.74) is 7.36. The van der Waals surface area contributed by atoms with E-state index in [0.29, 0.717) is 11.1 Å². The number of carbonyl (C=O) groups is 4. The van der Waals surface area contributed by atoms with Gasteiger partial charge in [-0.1, -0.05) is 30.3 Å². The number of aromatic nitrogens is 1. The summed E-state index contributed by atoms with van der Waals surface area (Å²) in [6, 6.07) is 9.26. The minimum atomic E-state index is -1.40. The molecular formula is C26H31N5O7. The van der Waals surface area contributed by atoms with Gasteiger partial charge in [0.05, 0.1) is 12.6 Å². The number of aliphatic hydroxyl groups is 1. The van der Waals surface area contributed by atoms with Crippen LogP contribution in [0.1, 0.15) is 18.1 Å². The van der Waals surface area contributed by atoms with E-state index in [1.165, 1.54) is 19.1 Å². The lowest BCUT2D eigenvalue weighted by Crippen LogP contribution is -2.59. The second-order valence-corrected chi connectivity index (χ2v) is 8.88. The maximum absolute atomic E-state index is 13.3. The fraction of sp³-hybridized carbons (Fsp3) is 0.308. The first-order valence-electron chi connectivity index (χ1n) is 11.9. The molecule has 1 aromatic heterocycles. The third-order valence-corrected chi connectivity index (χ3v) is 5.99. The highest BCUT2D eigenvalue weighted by molar-refractivity contribution is 5.94. The summed E-state index contributed by atoms with van der Waals surface area (Å²) in [6.07, 6.45) is 0.287. The van der Waals surface area contributed by atoms with E-state index in [2.05, 4.69) is 20.9 Å². The number of nitrogens with one attached hydrogen (secondary N) is 4. The molecule has 0 unspecified atom stereocenters. The number of aliphatic carboxylic acids is 1. The van der Waals surface area contributed by atoms with Crippen LogP contribution in [0.2, 0.25) is 0 Å². The van der Waals surface area contributed by atoms with E-state index in [0.717, 1.165) is 10.9 Å². The summed E-state index contributed by atoms with van der Waals surface area (Å²) in [7, 11) is 0. The minimum absolute atomic E-state index is 0.00197. The summed E-state index contributed by atoms with van der Waals surface area (Å²) in [4.78, 5) is 53.1. The fourth-order valence-electron chi connectivity index (χ4n) is 3.97. The first-order chi connectivity index (χ1) is 18.1. The van der Waals surface area contributed by atoms with Crippen LogP contribution in [0.15, 0.2) is 54.7 Å². The second-order valence-electron chi connectivity index (χ2n) is 8.88. The van der Waals surface area contributed by atoms with Crippen molar-refractivity contribution in [2.24, 2.45) is 5.73 Å². The number of aromatic hydroxyl groups is 1. The molecule has 38 heavy (non-hydrogen) atoms. The van der Waals surface area contributed by atoms with E-state index < -0.39 is 54.5 Å². The smallest absolute Gasteiger partial charge is 0.326 e. The molecule has 3 aromatic rings. The van der Waals surface area contributed by atoms with Crippen LogP contribution in [0.5, 0.6) is 5.75 Å². The number of carboxylic acids is 1. The minimum Gasteiger partial charge on any atom is -0.508 e. The highest BCUT2D eigenvalue weighted by Gasteiger charge is 2.32. The van der Waals surface area contributed by atoms with Crippen LogP contribution in [0, 0.1) is 0 Å². The number of aromatic amines is 1. The van der Waals surface area contributed by atoms with Crippen molar-refractivity contribution in [2.75, 3.05) is 6.54 Å². The number of amides is 3. The average molecular weight is 526 g/mol. The van der Waals surface area contributed by atoms with Gasteiger partial charge in [0, 0.05) is 29.9 Å². The zero-order valence-corrected chi connectivity index (χ0v) is 20.7. The van der Waals surface area contributed by atoms with Gasteiger partial charge in [-0.15, -0.1) is 0 Å². The normalized spacial score (nSPS) is 14.2. The Morgan fingerprint density at radius 3 is 2.21 bits per heavy atom. The molecule has 0 aliphatic rings. The Bertz CT molecular complexity index is 1290. The van der Waals surface area contributed by atoms with E-state index in [-0.39, 0.29) is 18.6 Å². The predicted octanol–water partition coefficient (Wildman–Crippen LogP) is -0.463. The number of hydrogen-bond donors (Lipinski definition) is 8. The molecule has 2 aromatic carbocycles. The highest BCUT2D eigenvalue weighted by Crippen LogP contribution is 2.19. The van der Waals surface area contributed by atoms with Crippen molar-refractivity contribution in [3.05, 3.63) is 65.9 Å². The number of aliphatic hydroxyl groups excluding tert-OH is 1. The molecule has 4 atom stereocenters. The summed E-state index contributed by atoms with van der Waals surface area (Å²) in [5.74, 6) is -3.59.